The maximum atomic E-state index is 11.8. The predicted octanol–water partition coefficient (Wildman–Crippen LogP) is 3.37. The van der Waals surface area contributed by atoms with Gasteiger partial charge < -0.3 is 15.8 Å². The fourth-order valence-electron chi connectivity index (χ4n) is 2.47. The fourth-order valence-corrected chi connectivity index (χ4v) is 2.47. The van der Waals surface area contributed by atoms with Gasteiger partial charge in [-0.2, -0.15) is 0 Å². The van der Waals surface area contributed by atoms with Crippen LogP contribution in [0.25, 0.3) is 0 Å². The Labute approximate surface area is 146 Å². The minimum Gasteiger partial charge on any atom is -0.487 e. The first kappa shape index (κ1) is 16.5. The summed E-state index contributed by atoms with van der Waals surface area (Å²) in [6.45, 7) is 0.921. The Morgan fingerprint density at radius 3 is 2.52 bits per heavy atom. The van der Waals surface area contributed by atoms with E-state index in [0.717, 1.165) is 11.1 Å². The zero-order valence-electron chi connectivity index (χ0n) is 13.7. The standard InChI is InChI=1S/C20H19N3O2/c21-20(24)17-9-4-10-18(25-14-15-6-2-1-3-7-15)19(17)23-13-16-8-5-11-22-12-16/h1-12,23H,13-14H2,(H2,21,24). The molecule has 0 saturated carbocycles. The third-order valence-corrected chi connectivity index (χ3v) is 3.72. The van der Waals surface area contributed by atoms with E-state index < -0.39 is 5.91 Å². The smallest absolute Gasteiger partial charge is 0.250 e. The van der Waals surface area contributed by atoms with Crippen molar-refractivity contribution < 1.29 is 9.53 Å². The zero-order chi connectivity index (χ0) is 17.5. The average molecular weight is 333 g/mol. The van der Waals surface area contributed by atoms with Crippen molar-refractivity contribution in [3.8, 4) is 5.75 Å². The second-order valence-corrected chi connectivity index (χ2v) is 5.53. The molecule has 5 heteroatoms. The molecule has 2 aromatic carbocycles. The number of para-hydroxylation sites is 1. The Balaban J connectivity index is 1.81. The molecule has 0 aliphatic rings. The molecule has 0 spiro atoms. The molecular formula is C20H19N3O2. The van der Waals surface area contributed by atoms with Gasteiger partial charge in [-0.25, -0.2) is 0 Å². The van der Waals surface area contributed by atoms with Gasteiger partial charge in [-0.15, -0.1) is 0 Å². The van der Waals surface area contributed by atoms with E-state index in [1.807, 2.05) is 48.5 Å². The molecular weight excluding hydrogens is 314 g/mol. The van der Waals surface area contributed by atoms with Crippen LogP contribution in [0.4, 0.5) is 5.69 Å². The lowest BCUT2D eigenvalue weighted by molar-refractivity contribution is 0.100. The van der Waals surface area contributed by atoms with E-state index in [4.69, 9.17) is 10.5 Å². The molecule has 1 aromatic heterocycles. The number of ether oxygens (including phenoxy) is 1. The van der Waals surface area contributed by atoms with Gasteiger partial charge in [0.05, 0.1) is 11.3 Å². The molecule has 3 N–H and O–H groups in total. The largest absolute Gasteiger partial charge is 0.487 e. The molecule has 0 atom stereocenters. The number of hydrogen-bond donors (Lipinski definition) is 2. The number of hydrogen-bond acceptors (Lipinski definition) is 4. The molecule has 0 bridgehead atoms. The number of primary amides is 1. The second-order valence-electron chi connectivity index (χ2n) is 5.53. The molecule has 1 amide bonds. The summed E-state index contributed by atoms with van der Waals surface area (Å²) in [5.74, 6) is 0.0860. The van der Waals surface area contributed by atoms with Crippen molar-refractivity contribution in [2.45, 2.75) is 13.2 Å². The summed E-state index contributed by atoms with van der Waals surface area (Å²) >= 11 is 0. The van der Waals surface area contributed by atoms with Crippen LogP contribution >= 0.6 is 0 Å². The minimum absolute atomic E-state index is 0.398. The van der Waals surface area contributed by atoms with E-state index in [1.165, 1.54) is 0 Å². The number of rotatable bonds is 7. The first-order chi connectivity index (χ1) is 12.2. The number of benzene rings is 2. The number of pyridine rings is 1. The molecule has 1 heterocycles. The highest BCUT2D eigenvalue weighted by atomic mass is 16.5. The molecule has 25 heavy (non-hydrogen) atoms. The molecule has 0 fully saturated rings. The van der Waals surface area contributed by atoms with Crippen LogP contribution in [0.3, 0.4) is 0 Å². The van der Waals surface area contributed by atoms with Gasteiger partial charge in [0.15, 0.2) is 0 Å². The lowest BCUT2D eigenvalue weighted by Crippen LogP contribution is -2.15. The van der Waals surface area contributed by atoms with E-state index in [-0.39, 0.29) is 0 Å². The number of carbonyl (C=O) groups excluding carboxylic acids is 1. The molecule has 126 valence electrons. The highest BCUT2D eigenvalue weighted by Crippen LogP contribution is 2.29. The quantitative estimate of drug-likeness (QED) is 0.695. The summed E-state index contributed by atoms with van der Waals surface area (Å²) in [6, 6.07) is 18.9. The van der Waals surface area contributed by atoms with Crippen LogP contribution < -0.4 is 15.8 Å². The fraction of sp³-hybridized carbons (Fsp3) is 0.100. The van der Waals surface area contributed by atoms with E-state index in [2.05, 4.69) is 10.3 Å². The molecule has 0 aliphatic carbocycles. The van der Waals surface area contributed by atoms with Crippen molar-refractivity contribution in [3.63, 3.8) is 0 Å². The number of nitrogens with one attached hydrogen (secondary N) is 1. The molecule has 0 unspecified atom stereocenters. The Kier molecular flexibility index (Phi) is 5.26. The molecule has 0 aliphatic heterocycles. The van der Waals surface area contributed by atoms with E-state index in [9.17, 15) is 4.79 Å². The van der Waals surface area contributed by atoms with Crippen LogP contribution in [0.15, 0.2) is 73.1 Å². The number of amides is 1. The first-order valence-corrected chi connectivity index (χ1v) is 7.96. The van der Waals surface area contributed by atoms with Gasteiger partial charge in [-0.05, 0) is 29.3 Å². The Morgan fingerprint density at radius 2 is 1.80 bits per heavy atom. The van der Waals surface area contributed by atoms with Gasteiger partial charge in [0.1, 0.15) is 12.4 Å². The van der Waals surface area contributed by atoms with Gasteiger partial charge in [0, 0.05) is 18.9 Å². The van der Waals surface area contributed by atoms with Crippen LogP contribution in [0.2, 0.25) is 0 Å². The molecule has 0 radical (unpaired) electrons. The molecule has 0 saturated heterocycles. The highest BCUT2D eigenvalue weighted by molar-refractivity contribution is 5.99. The number of anilines is 1. The third-order valence-electron chi connectivity index (χ3n) is 3.72. The maximum Gasteiger partial charge on any atom is 0.250 e. The van der Waals surface area contributed by atoms with E-state index in [0.29, 0.717) is 30.2 Å². The number of nitrogens with two attached hydrogens (primary N) is 1. The van der Waals surface area contributed by atoms with Crippen LogP contribution in [-0.2, 0) is 13.2 Å². The van der Waals surface area contributed by atoms with Crippen molar-refractivity contribution >= 4 is 11.6 Å². The topological polar surface area (TPSA) is 77.2 Å². The molecule has 3 rings (SSSR count). The highest BCUT2D eigenvalue weighted by Gasteiger charge is 2.13. The van der Waals surface area contributed by atoms with E-state index in [1.54, 1.807) is 24.5 Å². The number of nitrogens with zero attached hydrogens (tertiary/aromatic N) is 1. The lowest BCUT2D eigenvalue weighted by atomic mass is 10.1. The number of aromatic nitrogens is 1. The monoisotopic (exact) mass is 333 g/mol. The lowest BCUT2D eigenvalue weighted by Gasteiger charge is -2.16. The van der Waals surface area contributed by atoms with Gasteiger partial charge >= 0.3 is 0 Å². The Morgan fingerprint density at radius 1 is 1.00 bits per heavy atom. The maximum absolute atomic E-state index is 11.8. The van der Waals surface area contributed by atoms with Crippen LogP contribution in [-0.4, -0.2) is 10.9 Å². The van der Waals surface area contributed by atoms with Crippen molar-refractivity contribution in [2.75, 3.05) is 5.32 Å². The van der Waals surface area contributed by atoms with Crippen molar-refractivity contribution in [3.05, 3.63) is 89.7 Å². The molecule has 3 aromatic rings. The molecule has 5 nitrogen and oxygen atoms in total. The Bertz CT molecular complexity index is 836. The first-order valence-electron chi connectivity index (χ1n) is 7.96. The van der Waals surface area contributed by atoms with Crippen LogP contribution in [0.1, 0.15) is 21.5 Å². The van der Waals surface area contributed by atoms with Gasteiger partial charge in [-0.1, -0.05) is 42.5 Å². The summed E-state index contributed by atoms with van der Waals surface area (Å²) in [7, 11) is 0. The number of carbonyl (C=O) groups is 1. The summed E-state index contributed by atoms with van der Waals surface area (Å²) in [5, 5.41) is 3.25. The summed E-state index contributed by atoms with van der Waals surface area (Å²) in [6.07, 6.45) is 3.49. The van der Waals surface area contributed by atoms with Crippen LogP contribution in [0, 0.1) is 0 Å². The SMILES string of the molecule is NC(=O)c1cccc(OCc2ccccc2)c1NCc1cccnc1. The summed E-state index contributed by atoms with van der Waals surface area (Å²) in [4.78, 5) is 15.9. The van der Waals surface area contributed by atoms with Crippen molar-refractivity contribution in [2.24, 2.45) is 5.73 Å². The zero-order valence-corrected chi connectivity index (χ0v) is 13.7. The van der Waals surface area contributed by atoms with Gasteiger partial charge in [-0.3, -0.25) is 9.78 Å². The van der Waals surface area contributed by atoms with Gasteiger partial charge in [0.2, 0.25) is 0 Å². The van der Waals surface area contributed by atoms with Crippen molar-refractivity contribution in [1.82, 2.24) is 4.98 Å². The summed E-state index contributed by atoms with van der Waals surface area (Å²) < 4.78 is 5.92. The van der Waals surface area contributed by atoms with Crippen LogP contribution in [0.5, 0.6) is 5.75 Å². The predicted molar refractivity (Wildman–Crippen MR) is 97.3 cm³/mol. The minimum atomic E-state index is -0.501. The van der Waals surface area contributed by atoms with Gasteiger partial charge in [0.25, 0.3) is 5.91 Å². The Hall–Kier alpha value is -3.34. The normalized spacial score (nSPS) is 10.2. The van der Waals surface area contributed by atoms with Crippen molar-refractivity contribution in [1.29, 1.82) is 0 Å². The third kappa shape index (κ3) is 4.35. The average Bonchev–Trinajstić information content (AvgIpc) is 2.66. The summed E-state index contributed by atoms with van der Waals surface area (Å²) in [5.41, 5.74) is 8.55. The van der Waals surface area contributed by atoms with E-state index >= 15 is 0 Å². The second kappa shape index (κ2) is 7.97.